The van der Waals surface area contributed by atoms with Crippen molar-refractivity contribution in [1.82, 2.24) is 0 Å². The zero-order valence-electron chi connectivity index (χ0n) is 76.3. The summed E-state index contributed by atoms with van der Waals surface area (Å²) in [6.07, 6.45) is 46.0. The van der Waals surface area contributed by atoms with Crippen molar-refractivity contribution in [1.29, 1.82) is 0 Å². The van der Waals surface area contributed by atoms with E-state index in [0.29, 0.717) is 19.3 Å². The largest absolute Gasteiger partial charge is 0.481 e. The first kappa shape index (κ1) is 114. The van der Waals surface area contributed by atoms with Gasteiger partial charge in [-0.2, -0.15) is 0 Å². The molecule has 4 fully saturated rings. The van der Waals surface area contributed by atoms with Crippen LogP contribution in [0.5, 0.6) is 0 Å². The lowest BCUT2D eigenvalue weighted by Crippen LogP contribution is -2.24. The van der Waals surface area contributed by atoms with Gasteiger partial charge in [-0.1, -0.05) is 286 Å². The van der Waals surface area contributed by atoms with Crippen LogP contribution in [0.15, 0.2) is 0 Å². The molecule has 15 unspecified atom stereocenters. The predicted molar refractivity (Wildman–Crippen MR) is 473 cm³/mol. The van der Waals surface area contributed by atoms with Crippen molar-refractivity contribution < 1.29 is 104 Å². The summed E-state index contributed by atoms with van der Waals surface area (Å²) in [5.74, 6) is 25.4. The molecule has 0 amide bonds. The first-order valence-corrected chi connectivity index (χ1v) is 46.5. The van der Waals surface area contributed by atoms with Crippen LogP contribution in [0.3, 0.4) is 0 Å². The quantitative estimate of drug-likeness (QED) is 0.0153. The molecule has 0 aromatic carbocycles. The van der Waals surface area contributed by atoms with E-state index in [4.69, 9.17) is 44.5 Å². The first-order chi connectivity index (χ1) is 56.3. The number of rotatable bonds is 61. The molecule has 686 valence electrons. The van der Waals surface area contributed by atoms with E-state index in [1.165, 1.54) is 0 Å². The van der Waals surface area contributed by atoms with Crippen molar-refractivity contribution >= 4 is 29.8 Å². The number of aliphatic hydroxyl groups excluding tert-OH is 5. The average Bonchev–Trinajstić information content (AvgIpc) is 1.71. The monoisotopic (exact) mass is 1680 g/mol. The Balaban J connectivity index is 0.00000146. The van der Waals surface area contributed by atoms with Gasteiger partial charge >= 0.3 is 29.8 Å². The van der Waals surface area contributed by atoms with Gasteiger partial charge in [-0.15, -0.1) is 0 Å². The molecule has 4 aliphatic heterocycles. The molecule has 4 heterocycles. The second-order valence-electron chi connectivity index (χ2n) is 36.1. The zero-order valence-corrected chi connectivity index (χ0v) is 76.3. The summed E-state index contributed by atoms with van der Waals surface area (Å²) < 4.78 is 22.1. The molecule has 21 heteroatoms. The number of hydrogen-bond donors (Lipinski definition) is 12. The minimum absolute atomic E-state index is 0.000314. The molecule has 0 aromatic rings. The highest BCUT2D eigenvalue weighted by atomic mass is 16.6. The number of hydrogen-bond acceptors (Lipinski definition) is 16. The summed E-state index contributed by atoms with van der Waals surface area (Å²) >= 11 is 0. The van der Waals surface area contributed by atoms with E-state index in [1.807, 2.05) is 0 Å². The van der Waals surface area contributed by atoms with Crippen molar-refractivity contribution in [2.75, 3.05) is 0 Å². The van der Waals surface area contributed by atoms with Crippen LogP contribution in [0.1, 0.15) is 424 Å². The van der Waals surface area contributed by atoms with Gasteiger partial charge in [0.15, 0.2) is 0 Å². The fourth-order valence-electron chi connectivity index (χ4n) is 13.2. The molecule has 4 aliphatic rings. The third-order valence-electron chi connectivity index (χ3n) is 22.2. The summed E-state index contributed by atoms with van der Waals surface area (Å²) in [7, 11) is 0. The van der Waals surface area contributed by atoms with Crippen LogP contribution < -0.4 is 0 Å². The van der Waals surface area contributed by atoms with Gasteiger partial charge in [-0.05, 0) is 184 Å². The van der Waals surface area contributed by atoms with Crippen LogP contribution in [0, 0.1) is 75.4 Å². The smallest absolute Gasteiger partial charge is 0.309 e. The molecule has 0 bridgehead atoms. The number of carboxylic acids is 5. The number of aliphatic carboxylic acids is 5. The lowest BCUT2D eigenvalue weighted by Gasteiger charge is -2.18. The van der Waals surface area contributed by atoms with E-state index >= 15 is 0 Å². The lowest BCUT2D eigenvalue weighted by molar-refractivity contribution is -0.148. The van der Waals surface area contributed by atoms with Gasteiger partial charge in [0.25, 0.3) is 0 Å². The molecule has 12 N–H and O–H groups in total. The Morgan fingerprint density at radius 1 is 0.294 bits per heavy atom. The second kappa shape index (κ2) is 67.2. The molecule has 21 nitrogen and oxygen atoms in total. The Bertz CT molecular complexity index is 3030. The highest BCUT2D eigenvalue weighted by Crippen LogP contribution is 2.33. The Kier molecular flexibility index (Phi) is 64.2. The Morgan fingerprint density at radius 2 is 0.538 bits per heavy atom. The maximum Gasteiger partial charge on any atom is 0.309 e. The first-order valence-electron chi connectivity index (χ1n) is 46.5. The van der Waals surface area contributed by atoms with Crippen molar-refractivity contribution in [3.05, 3.63) is 0 Å². The van der Waals surface area contributed by atoms with Crippen molar-refractivity contribution in [3.8, 4) is 59.2 Å². The third kappa shape index (κ3) is 66.0. The SMILES string of the molecule is CCCCCC(C)(O)C#CC1OC1CCCCCCC(C)(C)C(=O)O.CCCCCC(C)(O)C#CC1OC1CCCCCCCC(=O)O.CCCCCC(O)C#CC(O)C(O)CCCCCCC(C)(C)C(=O)O.CCCCCC(O)C#CC1OC1CCCCCCC(C)(C)C(=O)O.CCCCCC(O)C#CC1OC1CCCCCCCC(=O)O. The maximum absolute atomic E-state index is 11.0. The number of ether oxygens (including phenoxy) is 4. The van der Waals surface area contributed by atoms with Crippen LogP contribution in [-0.2, 0) is 42.9 Å². The van der Waals surface area contributed by atoms with Gasteiger partial charge in [0.2, 0.25) is 0 Å². The zero-order chi connectivity index (χ0) is 89.6. The fourth-order valence-corrected chi connectivity index (χ4v) is 13.2. The predicted octanol–water partition coefficient (Wildman–Crippen LogP) is 19.2. The summed E-state index contributed by atoms with van der Waals surface area (Å²) in [5, 5.41) is 113. The van der Waals surface area contributed by atoms with Crippen molar-refractivity contribution in [3.63, 3.8) is 0 Å². The van der Waals surface area contributed by atoms with Crippen LogP contribution in [0.25, 0.3) is 0 Å². The summed E-state index contributed by atoms with van der Waals surface area (Å²) in [4.78, 5) is 53.8. The Hall–Kier alpha value is -5.29. The minimum Gasteiger partial charge on any atom is -0.481 e. The molecular weight excluding hydrogens is 1510 g/mol. The van der Waals surface area contributed by atoms with Crippen molar-refractivity contribution in [2.45, 2.75) is 514 Å². The van der Waals surface area contributed by atoms with Gasteiger partial charge in [0, 0.05) is 12.8 Å². The molecule has 0 radical (unpaired) electrons. The fraction of sp³-hybridized carbons (Fsp3) is 0.847. The van der Waals surface area contributed by atoms with Crippen LogP contribution >= 0.6 is 0 Å². The highest BCUT2D eigenvalue weighted by Gasteiger charge is 2.40. The maximum atomic E-state index is 11.0. The molecule has 0 aromatic heterocycles. The summed E-state index contributed by atoms with van der Waals surface area (Å²) in [6.45, 7) is 24.8. The minimum atomic E-state index is -1.13. The number of aliphatic hydroxyl groups is 7. The lowest BCUT2D eigenvalue weighted by atomic mass is 9.87. The molecular formula is C98H168O21. The van der Waals surface area contributed by atoms with E-state index < -0.39 is 87.8 Å². The highest BCUT2D eigenvalue weighted by molar-refractivity contribution is 5.74. The topological polar surface area (TPSA) is 378 Å². The van der Waals surface area contributed by atoms with E-state index in [1.54, 1.807) is 55.4 Å². The number of unbranched alkanes of at least 4 members (excludes halogenated alkanes) is 27. The van der Waals surface area contributed by atoms with Gasteiger partial charge in [-0.25, -0.2) is 0 Å². The van der Waals surface area contributed by atoms with Gasteiger partial charge in [-0.3, -0.25) is 24.0 Å². The molecule has 4 saturated heterocycles. The molecule has 4 rings (SSSR count). The molecule has 15 atom stereocenters. The van der Waals surface area contributed by atoms with E-state index in [0.717, 1.165) is 302 Å². The molecule has 0 saturated carbocycles. The Morgan fingerprint density at radius 3 is 0.832 bits per heavy atom. The third-order valence-corrected chi connectivity index (χ3v) is 22.2. The van der Waals surface area contributed by atoms with Crippen LogP contribution in [0.2, 0.25) is 0 Å². The molecule has 0 spiro atoms. The van der Waals surface area contributed by atoms with E-state index in [2.05, 4.69) is 93.8 Å². The number of carbonyl (C=O) groups is 5. The standard InChI is InChI=1S/C21H36O4.C20H36O5.C20H34O4.C19H32O4.C18H30O4/c1-5-6-10-15-21(4,24)16-13-18-17(25-18)12-9-7-8-11-14-20(2,3)19(22)23;1-4-5-8-11-16(21)13-14-18(23)17(22)12-9-6-7-10-15-20(2,3)19(24)25;1-4-5-8-11-16(21)13-14-18-17(24-18)12-9-6-7-10-15-20(2,3)19(22)23;1-3-4-10-14-19(2,22)15-13-17-16(23-17)11-8-6-5-7-9-12-18(20)21;1-2-3-7-10-15(19)13-14-17-16(22-17)11-8-5-4-6-9-12-18(20)21/h17-18,24H,5-12,14-15H2,1-4H3,(H,22,23);16-18,21-23H,4-12,15H2,1-3H3,(H,24,25);16-18,21H,4-12,15H2,1-3H3,(H,22,23);16-17,22H,3-12,14H2,1-2H3,(H,20,21);15-17,19H,2-12H2,1H3,(H,20,21). The van der Waals surface area contributed by atoms with Crippen LogP contribution in [0.4, 0.5) is 0 Å². The van der Waals surface area contributed by atoms with Crippen LogP contribution in [-0.4, -0.2) is 182 Å². The second-order valence-corrected chi connectivity index (χ2v) is 36.1. The van der Waals surface area contributed by atoms with Crippen molar-refractivity contribution in [2.24, 2.45) is 16.2 Å². The van der Waals surface area contributed by atoms with E-state index in [-0.39, 0.29) is 61.7 Å². The Labute approximate surface area is 720 Å². The van der Waals surface area contributed by atoms with Gasteiger partial charge in [0.1, 0.15) is 60.0 Å². The summed E-state index contributed by atoms with van der Waals surface area (Å²) in [6, 6.07) is 0. The van der Waals surface area contributed by atoms with Gasteiger partial charge < -0.3 is 80.2 Å². The number of epoxide rings is 4. The molecule has 0 aliphatic carbocycles. The van der Waals surface area contributed by atoms with E-state index in [9.17, 15) is 59.7 Å². The molecule has 119 heavy (non-hydrogen) atoms. The number of carboxylic acid groups (broad SMARTS) is 5. The van der Waals surface area contributed by atoms with Gasteiger partial charge in [0.05, 0.1) is 46.8 Å². The summed E-state index contributed by atoms with van der Waals surface area (Å²) in [5.41, 5.74) is -3.71. The average molecular weight is 1680 g/mol. The normalized spacial score (nSPS) is 20.2.